The second kappa shape index (κ2) is 10.7. The number of fused-ring (bicyclic) bond motifs is 2. The average Bonchev–Trinajstić information content (AvgIpc) is 2.92. The number of ether oxygens (including phenoxy) is 2. The van der Waals surface area contributed by atoms with Crippen LogP contribution in [-0.2, 0) is 24.1 Å². The highest BCUT2D eigenvalue weighted by Crippen LogP contribution is 2.41. The summed E-state index contributed by atoms with van der Waals surface area (Å²) in [6.45, 7) is 14.6. The first-order chi connectivity index (χ1) is 18.5. The summed E-state index contributed by atoms with van der Waals surface area (Å²) in [5.74, 6) is 2.14. The Morgan fingerprint density at radius 3 is 2.46 bits per heavy atom. The Balaban J connectivity index is 1.62. The molecule has 39 heavy (non-hydrogen) atoms. The molecule has 5 nitrogen and oxygen atoms in total. The van der Waals surface area contributed by atoms with Crippen LogP contribution in [0.1, 0.15) is 49.6 Å². The van der Waals surface area contributed by atoms with Crippen molar-refractivity contribution in [1.82, 2.24) is 0 Å². The lowest BCUT2D eigenvalue weighted by Crippen LogP contribution is -2.40. The van der Waals surface area contributed by atoms with Crippen LogP contribution in [0.5, 0.6) is 11.5 Å². The van der Waals surface area contributed by atoms with Gasteiger partial charge in [0.1, 0.15) is 23.9 Å². The van der Waals surface area contributed by atoms with Crippen LogP contribution in [-0.4, -0.2) is 14.9 Å². The molecule has 5 rings (SSSR count). The minimum atomic E-state index is -2.09. The van der Waals surface area contributed by atoms with Crippen molar-refractivity contribution in [3.63, 3.8) is 0 Å². The molecule has 0 saturated carbocycles. The predicted molar refractivity (Wildman–Crippen MR) is 159 cm³/mol. The Morgan fingerprint density at radius 1 is 0.949 bits per heavy atom. The van der Waals surface area contributed by atoms with E-state index in [0.717, 1.165) is 52.8 Å². The zero-order valence-corrected chi connectivity index (χ0v) is 24.9. The maximum absolute atomic E-state index is 13.4. The highest BCUT2D eigenvalue weighted by atomic mass is 28.4. The maximum Gasteiger partial charge on any atom is 0.344 e. The largest absolute Gasteiger partial charge is 0.493 e. The zero-order valence-electron chi connectivity index (χ0n) is 23.9. The van der Waals surface area contributed by atoms with Gasteiger partial charge in [-0.25, -0.2) is 4.79 Å². The van der Waals surface area contributed by atoms with Gasteiger partial charge in [0.2, 0.25) is 0 Å². The summed E-state index contributed by atoms with van der Waals surface area (Å²) in [4.78, 5) is 13.4. The van der Waals surface area contributed by atoms with Gasteiger partial charge < -0.3 is 18.3 Å². The standard InChI is InChI=1S/C33H38O5Si/c1-22-25-13-10-18-35-29(25)17-16-26(22)31-27-15-14-24(36-20-23-11-8-7-9-12-23)19-28(27)32(34)38-30(31)21-37-39(5,6)33(2,3)4/h7-9,11-12,14-17,19H,10,13,18,20-21H2,1-6H3. The summed E-state index contributed by atoms with van der Waals surface area (Å²) in [6, 6.07) is 19.8. The van der Waals surface area contributed by atoms with Crippen LogP contribution in [0.25, 0.3) is 21.9 Å². The predicted octanol–water partition coefficient (Wildman–Crippen LogP) is 8.19. The molecule has 0 aliphatic carbocycles. The molecule has 0 spiro atoms. The van der Waals surface area contributed by atoms with E-state index >= 15 is 0 Å². The van der Waals surface area contributed by atoms with Gasteiger partial charge in [-0.2, -0.15) is 0 Å². The summed E-state index contributed by atoms with van der Waals surface area (Å²) < 4.78 is 24.6. The zero-order chi connectivity index (χ0) is 27.8. The van der Waals surface area contributed by atoms with E-state index in [9.17, 15) is 4.79 Å². The summed E-state index contributed by atoms with van der Waals surface area (Å²) in [6.07, 6.45) is 1.96. The van der Waals surface area contributed by atoms with E-state index in [-0.39, 0.29) is 17.3 Å². The maximum atomic E-state index is 13.4. The normalized spacial score (nSPS) is 13.7. The van der Waals surface area contributed by atoms with Crippen LogP contribution >= 0.6 is 0 Å². The third-order valence-electron chi connectivity index (χ3n) is 8.25. The molecule has 4 aromatic rings. The fourth-order valence-electron chi connectivity index (χ4n) is 4.85. The molecule has 1 aliphatic heterocycles. The summed E-state index contributed by atoms with van der Waals surface area (Å²) in [5.41, 5.74) is 5.00. The monoisotopic (exact) mass is 542 g/mol. The van der Waals surface area contributed by atoms with Gasteiger partial charge in [0, 0.05) is 10.9 Å². The molecule has 0 N–H and O–H groups in total. The molecule has 0 radical (unpaired) electrons. The van der Waals surface area contributed by atoms with Crippen molar-refractivity contribution in [2.24, 2.45) is 0 Å². The molecule has 2 heterocycles. The second-order valence-corrected chi connectivity index (χ2v) is 16.7. The van der Waals surface area contributed by atoms with Gasteiger partial charge in [0.15, 0.2) is 8.32 Å². The number of rotatable bonds is 7. The molecule has 0 bridgehead atoms. The lowest BCUT2D eigenvalue weighted by molar-refractivity contribution is 0.241. The summed E-state index contributed by atoms with van der Waals surface area (Å²) in [7, 11) is -2.09. The first-order valence-corrected chi connectivity index (χ1v) is 16.6. The van der Waals surface area contributed by atoms with E-state index in [1.54, 1.807) is 6.07 Å². The molecule has 1 aliphatic rings. The summed E-state index contributed by atoms with van der Waals surface area (Å²) in [5, 5.41) is 1.38. The Bertz CT molecular complexity index is 1550. The van der Waals surface area contributed by atoms with Gasteiger partial charge in [0.05, 0.1) is 18.6 Å². The Labute approximate surface area is 231 Å². The third kappa shape index (κ3) is 5.54. The van der Waals surface area contributed by atoms with E-state index in [1.807, 2.05) is 48.5 Å². The van der Waals surface area contributed by atoms with E-state index in [0.29, 0.717) is 23.5 Å². The van der Waals surface area contributed by atoms with Crippen LogP contribution in [0, 0.1) is 6.92 Å². The molecule has 0 amide bonds. The molecule has 6 heteroatoms. The highest BCUT2D eigenvalue weighted by Gasteiger charge is 2.37. The van der Waals surface area contributed by atoms with E-state index < -0.39 is 8.32 Å². The molecule has 0 atom stereocenters. The van der Waals surface area contributed by atoms with E-state index in [2.05, 4.69) is 46.9 Å². The van der Waals surface area contributed by atoms with Crippen molar-refractivity contribution in [3.8, 4) is 22.6 Å². The first-order valence-electron chi connectivity index (χ1n) is 13.7. The van der Waals surface area contributed by atoms with Crippen LogP contribution in [0.15, 0.2) is 69.9 Å². The van der Waals surface area contributed by atoms with Gasteiger partial charge in [-0.1, -0.05) is 57.2 Å². The fourth-order valence-corrected chi connectivity index (χ4v) is 5.77. The van der Waals surface area contributed by atoms with Crippen molar-refractivity contribution in [1.29, 1.82) is 0 Å². The van der Waals surface area contributed by atoms with Crippen molar-refractivity contribution >= 4 is 19.1 Å². The SMILES string of the molecule is Cc1c(-c2c(CO[Si](C)(C)C(C)(C)C)oc(=O)c3cc(OCc4ccccc4)ccc23)ccc2c1CCCO2. The van der Waals surface area contributed by atoms with E-state index in [4.69, 9.17) is 18.3 Å². The molecule has 1 aromatic heterocycles. The van der Waals surface area contributed by atoms with E-state index in [1.165, 1.54) is 5.56 Å². The molecular formula is C33H38O5Si. The van der Waals surface area contributed by atoms with Gasteiger partial charge >= 0.3 is 5.63 Å². The number of hydrogen-bond acceptors (Lipinski definition) is 5. The lowest BCUT2D eigenvalue weighted by Gasteiger charge is -2.36. The quantitative estimate of drug-likeness (QED) is 0.220. The van der Waals surface area contributed by atoms with Gasteiger partial charge in [-0.05, 0) is 84.4 Å². The Morgan fingerprint density at radius 2 is 1.72 bits per heavy atom. The van der Waals surface area contributed by atoms with Crippen molar-refractivity contribution in [3.05, 3.63) is 93.5 Å². The summed E-state index contributed by atoms with van der Waals surface area (Å²) >= 11 is 0. The third-order valence-corrected chi connectivity index (χ3v) is 12.7. The topological polar surface area (TPSA) is 57.9 Å². The number of hydrogen-bond donors (Lipinski definition) is 0. The highest BCUT2D eigenvalue weighted by molar-refractivity contribution is 6.74. The first kappa shape index (κ1) is 27.2. The molecule has 0 fully saturated rings. The van der Waals surface area contributed by atoms with Crippen molar-refractivity contribution in [2.75, 3.05) is 6.61 Å². The number of benzene rings is 3. The fraction of sp³-hybridized carbons (Fsp3) is 0.364. The Hall–Kier alpha value is -3.35. The Kier molecular flexibility index (Phi) is 7.44. The molecule has 204 valence electrons. The van der Waals surface area contributed by atoms with Gasteiger partial charge in [0.25, 0.3) is 0 Å². The smallest absolute Gasteiger partial charge is 0.344 e. The second-order valence-electron chi connectivity index (χ2n) is 11.9. The van der Waals surface area contributed by atoms with Crippen LogP contribution in [0.3, 0.4) is 0 Å². The molecule has 3 aromatic carbocycles. The van der Waals surface area contributed by atoms with Gasteiger partial charge in [-0.3, -0.25) is 0 Å². The molecular weight excluding hydrogens is 504 g/mol. The van der Waals surface area contributed by atoms with Crippen LogP contribution in [0.4, 0.5) is 0 Å². The van der Waals surface area contributed by atoms with Crippen molar-refractivity contribution in [2.45, 2.75) is 71.9 Å². The average molecular weight is 543 g/mol. The van der Waals surface area contributed by atoms with Crippen LogP contribution < -0.4 is 15.1 Å². The van der Waals surface area contributed by atoms with Crippen LogP contribution in [0.2, 0.25) is 18.1 Å². The minimum Gasteiger partial charge on any atom is -0.493 e. The molecule has 0 unspecified atom stereocenters. The lowest BCUT2D eigenvalue weighted by atomic mass is 9.90. The van der Waals surface area contributed by atoms with Gasteiger partial charge in [-0.15, -0.1) is 0 Å². The molecule has 0 saturated heterocycles. The van der Waals surface area contributed by atoms with Crippen molar-refractivity contribution < 1.29 is 18.3 Å². The minimum absolute atomic E-state index is 0.0361.